The van der Waals surface area contributed by atoms with E-state index in [1.165, 1.54) is 32.4 Å². The van der Waals surface area contributed by atoms with E-state index in [4.69, 9.17) is 5.26 Å². The van der Waals surface area contributed by atoms with Gasteiger partial charge in [-0.25, -0.2) is 0 Å². The number of aromatic nitrogens is 2. The Bertz CT molecular complexity index is 468. The summed E-state index contributed by atoms with van der Waals surface area (Å²) >= 11 is 0. The summed E-state index contributed by atoms with van der Waals surface area (Å²) in [5.41, 5.74) is 0.658. The van der Waals surface area contributed by atoms with Gasteiger partial charge in [0.15, 0.2) is 0 Å². The van der Waals surface area contributed by atoms with Crippen molar-refractivity contribution >= 4 is 0 Å². The average molecular weight is 259 g/mol. The van der Waals surface area contributed by atoms with Crippen LogP contribution >= 0.6 is 0 Å². The highest BCUT2D eigenvalue weighted by Crippen LogP contribution is 2.24. The Balaban J connectivity index is 1.48. The van der Waals surface area contributed by atoms with Crippen LogP contribution in [0.25, 0.3) is 0 Å². The molecule has 2 fully saturated rings. The third-order valence-corrected chi connectivity index (χ3v) is 4.43. The minimum absolute atomic E-state index is 0.455. The molecule has 1 unspecified atom stereocenters. The molecule has 3 heterocycles. The monoisotopic (exact) mass is 259 g/mol. The first kappa shape index (κ1) is 12.6. The van der Waals surface area contributed by atoms with E-state index in [2.05, 4.69) is 28.0 Å². The molecule has 2 aliphatic heterocycles. The molecule has 0 spiro atoms. The molecule has 0 radical (unpaired) electrons. The standard InChI is InChI=1S/C14H21N5/c1-17-5-3-2-4-13(17)9-18-10-14(11-18)19-8-12(6-15)7-16-19/h7-8,13-14H,2-5,9-11H2,1H3. The van der Waals surface area contributed by atoms with Crippen LogP contribution in [0.2, 0.25) is 0 Å². The van der Waals surface area contributed by atoms with E-state index >= 15 is 0 Å². The Labute approximate surface area is 114 Å². The SMILES string of the molecule is CN1CCCCC1CN1CC(n2cc(C#N)cn2)C1. The van der Waals surface area contributed by atoms with Crippen molar-refractivity contribution in [2.24, 2.45) is 0 Å². The quantitative estimate of drug-likeness (QED) is 0.815. The first-order valence-electron chi connectivity index (χ1n) is 7.13. The van der Waals surface area contributed by atoms with E-state index < -0.39 is 0 Å². The third-order valence-electron chi connectivity index (χ3n) is 4.43. The van der Waals surface area contributed by atoms with E-state index in [1.807, 2.05) is 10.9 Å². The third kappa shape index (κ3) is 2.65. The highest BCUT2D eigenvalue weighted by Gasteiger charge is 2.31. The lowest BCUT2D eigenvalue weighted by Gasteiger charge is -2.43. The minimum atomic E-state index is 0.455. The molecular formula is C14H21N5. The molecule has 1 aromatic rings. The summed E-state index contributed by atoms with van der Waals surface area (Å²) < 4.78 is 1.94. The van der Waals surface area contributed by atoms with E-state index in [0.29, 0.717) is 11.6 Å². The van der Waals surface area contributed by atoms with Gasteiger partial charge in [0.1, 0.15) is 6.07 Å². The highest BCUT2D eigenvalue weighted by molar-refractivity contribution is 5.22. The second kappa shape index (κ2) is 5.32. The molecule has 5 heteroatoms. The number of likely N-dealkylation sites (tertiary alicyclic amines) is 2. The van der Waals surface area contributed by atoms with Crippen LogP contribution in [0.1, 0.15) is 30.9 Å². The van der Waals surface area contributed by atoms with Crippen molar-refractivity contribution in [1.82, 2.24) is 19.6 Å². The molecule has 0 bridgehead atoms. The molecule has 0 N–H and O–H groups in total. The van der Waals surface area contributed by atoms with E-state index in [0.717, 1.165) is 19.1 Å². The summed E-state index contributed by atoms with van der Waals surface area (Å²) in [6.07, 6.45) is 7.56. The van der Waals surface area contributed by atoms with Crippen molar-refractivity contribution in [3.8, 4) is 6.07 Å². The van der Waals surface area contributed by atoms with Crippen LogP contribution in [0.15, 0.2) is 12.4 Å². The maximum Gasteiger partial charge on any atom is 0.102 e. The molecular weight excluding hydrogens is 238 g/mol. The lowest BCUT2D eigenvalue weighted by molar-refractivity contribution is 0.0522. The van der Waals surface area contributed by atoms with Crippen LogP contribution in [0, 0.1) is 11.3 Å². The molecule has 2 aliphatic rings. The predicted octanol–water partition coefficient (Wildman–Crippen LogP) is 1.10. The zero-order valence-corrected chi connectivity index (χ0v) is 11.5. The summed E-state index contributed by atoms with van der Waals surface area (Å²) in [7, 11) is 2.24. The van der Waals surface area contributed by atoms with Gasteiger partial charge < -0.3 is 4.90 Å². The van der Waals surface area contributed by atoms with Gasteiger partial charge in [0.25, 0.3) is 0 Å². The summed E-state index contributed by atoms with van der Waals surface area (Å²) in [6.45, 7) is 4.56. The lowest BCUT2D eigenvalue weighted by Crippen LogP contribution is -2.53. The molecule has 2 saturated heterocycles. The first-order chi connectivity index (χ1) is 9.26. The fourth-order valence-corrected chi connectivity index (χ4v) is 3.13. The van der Waals surface area contributed by atoms with E-state index in [-0.39, 0.29) is 0 Å². The summed E-state index contributed by atoms with van der Waals surface area (Å²) in [5.74, 6) is 0. The van der Waals surface area contributed by atoms with Crippen molar-refractivity contribution < 1.29 is 0 Å². The van der Waals surface area contributed by atoms with Gasteiger partial charge in [0, 0.05) is 31.9 Å². The number of hydrogen-bond acceptors (Lipinski definition) is 4. The molecule has 1 aromatic heterocycles. The molecule has 0 amide bonds. The van der Waals surface area contributed by atoms with Gasteiger partial charge >= 0.3 is 0 Å². The zero-order valence-electron chi connectivity index (χ0n) is 11.5. The summed E-state index contributed by atoms with van der Waals surface area (Å²) in [5, 5.41) is 13.1. The lowest BCUT2D eigenvalue weighted by atomic mass is 10.00. The van der Waals surface area contributed by atoms with Gasteiger partial charge in [-0.3, -0.25) is 9.58 Å². The van der Waals surface area contributed by atoms with Gasteiger partial charge in [0.05, 0.1) is 17.8 Å². The minimum Gasteiger partial charge on any atom is -0.302 e. The summed E-state index contributed by atoms with van der Waals surface area (Å²) in [4.78, 5) is 5.00. The Morgan fingerprint density at radius 3 is 2.95 bits per heavy atom. The Hall–Kier alpha value is -1.38. The van der Waals surface area contributed by atoms with Gasteiger partial charge in [-0.2, -0.15) is 10.4 Å². The normalized spacial score (nSPS) is 26.0. The van der Waals surface area contributed by atoms with Crippen molar-refractivity contribution in [3.05, 3.63) is 18.0 Å². The molecule has 0 aromatic carbocycles. The van der Waals surface area contributed by atoms with Crippen LogP contribution < -0.4 is 0 Å². The Morgan fingerprint density at radius 2 is 2.26 bits per heavy atom. The van der Waals surface area contributed by atoms with Crippen molar-refractivity contribution in [2.75, 3.05) is 33.2 Å². The van der Waals surface area contributed by atoms with Gasteiger partial charge in [-0.05, 0) is 26.4 Å². The number of nitriles is 1. The van der Waals surface area contributed by atoms with Gasteiger partial charge in [0.2, 0.25) is 0 Å². The second-order valence-electron chi connectivity index (χ2n) is 5.82. The Kier molecular flexibility index (Phi) is 3.54. The number of likely N-dealkylation sites (N-methyl/N-ethyl adjacent to an activating group) is 1. The smallest absolute Gasteiger partial charge is 0.102 e. The molecule has 1 atom stereocenters. The largest absolute Gasteiger partial charge is 0.302 e. The van der Waals surface area contributed by atoms with Crippen LogP contribution in [0.4, 0.5) is 0 Å². The molecule has 19 heavy (non-hydrogen) atoms. The first-order valence-corrected chi connectivity index (χ1v) is 7.13. The molecule has 102 valence electrons. The number of piperidine rings is 1. The molecule has 3 rings (SSSR count). The number of rotatable bonds is 3. The van der Waals surface area contributed by atoms with Crippen molar-refractivity contribution in [1.29, 1.82) is 5.26 Å². The number of nitrogens with zero attached hydrogens (tertiary/aromatic N) is 5. The van der Waals surface area contributed by atoms with Crippen LogP contribution in [0.5, 0.6) is 0 Å². The topological polar surface area (TPSA) is 48.1 Å². The fraction of sp³-hybridized carbons (Fsp3) is 0.714. The molecule has 0 saturated carbocycles. The van der Waals surface area contributed by atoms with E-state index in [9.17, 15) is 0 Å². The number of hydrogen-bond donors (Lipinski definition) is 0. The van der Waals surface area contributed by atoms with Gasteiger partial charge in [-0.15, -0.1) is 0 Å². The fourth-order valence-electron chi connectivity index (χ4n) is 3.13. The van der Waals surface area contributed by atoms with Crippen molar-refractivity contribution in [2.45, 2.75) is 31.3 Å². The van der Waals surface area contributed by atoms with E-state index in [1.54, 1.807) is 6.20 Å². The maximum absolute atomic E-state index is 8.80. The summed E-state index contributed by atoms with van der Waals surface area (Å²) in [6, 6.07) is 3.31. The second-order valence-corrected chi connectivity index (χ2v) is 5.82. The molecule has 0 aliphatic carbocycles. The maximum atomic E-state index is 8.80. The van der Waals surface area contributed by atoms with Gasteiger partial charge in [-0.1, -0.05) is 6.42 Å². The van der Waals surface area contributed by atoms with Crippen LogP contribution in [-0.4, -0.2) is 58.8 Å². The highest BCUT2D eigenvalue weighted by atomic mass is 15.4. The zero-order chi connectivity index (χ0) is 13.2. The molecule has 5 nitrogen and oxygen atoms in total. The Morgan fingerprint density at radius 1 is 1.42 bits per heavy atom. The predicted molar refractivity (Wildman–Crippen MR) is 72.7 cm³/mol. The van der Waals surface area contributed by atoms with Crippen molar-refractivity contribution in [3.63, 3.8) is 0 Å². The van der Waals surface area contributed by atoms with Crippen LogP contribution in [0.3, 0.4) is 0 Å². The average Bonchev–Trinajstić information content (AvgIpc) is 2.83. The van der Waals surface area contributed by atoms with Crippen LogP contribution in [-0.2, 0) is 0 Å².